The fourth-order valence-electron chi connectivity index (χ4n) is 2.13. The standard InChI is InChI=1S/C12H17NO2/c1-15-12(5-2-6-12)11(14)9-10-3-7-13-8-4-10/h3-4,7-8,11,14H,2,5-6,9H2,1H3. The molecule has 1 unspecified atom stereocenters. The van der Waals surface area contributed by atoms with Gasteiger partial charge in [-0.15, -0.1) is 0 Å². The monoisotopic (exact) mass is 207 g/mol. The lowest BCUT2D eigenvalue weighted by atomic mass is 9.74. The first kappa shape index (κ1) is 10.6. The van der Waals surface area contributed by atoms with E-state index in [0.29, 0.717) is 6.42 Å². The smallest absolute Gasteiger partial charge is 0.0939 e. The molecule has 1 aromatic rings. The van der Waals surface area contributed by atoms with E-state index in [9.17, 15) is 5.11 Å². The van der Waals surface area contributed by atoms with Crippen LogP contribution in [-0.4, -0.2) is 28.9 Å². The highest BCUT2D eigenvalue weighted by atomic mass is 16.5. The highest BCUT2D eigenvalue weighted by Crippen LogP contribution is 2.39. The first-order valence-corrected chi connectivity index (χ1v) is 5.39. The largest absolute Gasteiger partial charge is 0.390 e. The Hall–Kier alpha value is -0.930. The quantitative estimate of drug-likeness (QED) is 0.814. The molecule has 1 atom stereocenters. The number of aliphatic hydroxyl groups excluding tert-OH is 1. The molecule has 1 heterocycles. The Morgan fingerprint density at radius 3 is 2.60 bits per heavy atom. The molecule has 82 valence electrons. The molecule has 0 amide bonds. The zero-order valence-electron chi connectivity index (χ0n) is 9.02. The van der Waals surface area contributed by atoms with Crippen molar-refractivity contribution < 1.29 is 9.84 Å². The molecule has 1 aliphatic rings. The number of ether oxygens (including phenoxy) is 1. The van der Waals surface area contributed by atoms with Crippen molar-refractivity contribution in [3.63, 3.8) is 0 Å². The van der Waals surface area contributed by atoms with Crippen LogP contribution in [0.1, 0.15) is 24.8 Å². The third kappa shape index (κ3) is 2.03. The number of nitrogens with zero attached hydrogens (tertiary/aromatic N) is 1. The van der Waals surface area contributed by atoms with Gasteiger partial charge in [-0.1, -0.05) is 0 Å². The van der Waals surface area contributed by atoms with E-state index in [2.05, 4.69) is 4.98 Å². The first-order chi connectivity index (χ1) is 7.27. The molecular formula is C12H17NO2. The zero-order valence-corrected chi connectivity index (χ0v) is 9.02. The topological polar surface area (TPSA) is 42.4 Å². The second-order valence-corrected chi connectivity index (χ2v) is 4.20. The summed E-state index contributed by atoms with van der Waals surface area (Å²) in [6.07, 6.45) is 6.84. The third-order valence-electron chi connectivity index (χ3n) is 3.39. The van der Waals surface area contributed by atoms with Gasteiger partial charge in [0.2, 0.25) is 0 Å². The molecule has 0 radical (unpaired) electrons. The van der Waals surface area contributed by atoms with E-state index in [-0.39, 0.29) is 5.60 Å². The summed E-state index contributed by atoms with van der Waals surface area (Å²) in [5, 5.41) is 10.1. The van der Waals surface area contributed by atoms with Gasteiger partial charge in [0.25, 0.3) is 0 Å². The number of pyridine rings is 1. The predicted molar refractivity (Wildman–Crippen MR) is 57.5 cm³/mol. The van der Waals surface area contributed by atoms with Crippen molar-refractivity contribution in [2.75, 3.05) is 7.11 Å². The second-order valence-electron chi connectivity index (χ2n) is 4.20. The van der Waals surface area contributed by atoms with E-state index in [1.807, 2.05) is 12.1 Å². The van der Waals surface area contributed by atoms with Crippen LogP contribution >= 0.6 is 0 Å². The van der Waals surface area contributed by atoms with Gasteiger partial charge in [-0.2, -0.15) is 0 Å². The van der Waals surface area contributed by atoms with Gasteiger partial charge in [-0.25, -0.2) is 0 Å². The van der Waals surface area contributed by atoms with Crippen LogP contribution in [-0.2, 0) is 11.2 Å². The summed E-state index contributed by atoms with van der Waals surface area (Å²) in [7, 11) is 1.69. The maximum atomic E-state index is 10.1. The van der Waals surface area contributed by atoms with E-state index in [1.54, 1.807) is 19.5 Å². The number of rotatable bonds is 4. The van der Waals surface area contributed by atoms with Gasteiger partial charge in [0.1, 0.15) is 0 Å². The molecule has 3 heteroatoms. The predicted octanol–water partition coefficient (Wildman–Crippen LogP) is 1.55. The SMILES string of the molecule is COC1(C(O)Cc2ccncc2)CCC1. The van der Waals surface area contributed by atoms with Crippen molar-refractivity contribution >= 4 is 0 Å². The third-order valence-corrected chi connectivity index (χ3v) is 3.39. The Bertz CT molecular complexity index is 303. The van der Waals surface area contributed by atoms with Crippen molar-refractivity contribution in [1.29, 1.82) is 0 Å². The highest BCUT2D eigenvalue weighted by molar-refractivity contribution is 5.13. The zero-order chi connectivity index (χ0) is 10.7. The summed E-state index contributed by atoms with van der Waals surface area (Å²) in [6.45, 7) is 0. The highest BCUT2D eigenvalue weighted by Gasteiger charge is 2.43. The fraction of sp³-hybridized carbons (Fsp3) is 0.583. The maximum Gasteiger partial charge on any atom is 0.0939 e. The summed E-state index contributed by atoms with van der Waals surface area (Å²) < 4.78 is 5.44. The van der Waals surface area contributed by atoms with Gasteiger partial charge in [-0.3, -0.25) is 4.98 Å². The maximum absolute atomic E-state index is 10.1. The molecule has 0 bridgehead atoms. The number of aliphatic hydroxyl groups is 1. The van der Waals surface area contributed by atoms with Crippen LogP contribution in [0.2, 0.25) is 0 Å². The van der Waals surface area contributed by atoms with Crippen molar-refractivity contribution in [3.05, 3.63) is 30.1 Å². The minimum absolute atomic E-state index is 0.288. The van der Waals surface area contributed by atoms with Crippen LogP contribution in [0.4, 0.5) is 0 Å². The van der Waals surface area contributed by atoms with Crippen LogP contribution in [0.25, 0.3) is 0 Å². The normalized spacial score (nSPS) is 20.7. The van der Waals surface area contributed by atoms with Gasteiger partial charge in [-0.05, 0) is 37.0 Å². The molecule has 2 rings (SSSR count). The van der Waals surface area contributed by atoms with E-state index in [4.69, 9.17) is 4.74 Å². The Morgan fingerprint density at radius 1 is 1.47 bits per heavy atom. The molecular weight excluding hydrogens is 190 g/mol. The summed E-state index contributed by atoms with van der Waals surface area (Å²) in [5.74, 6) is 0. The van der Waals surface area contributed by atoms with Crippen molar-refractivity contribution in [3.8, 4) is 0 Å². The number of aromatic nitrogens is 1. The van der Waals surface area contributed by atoms with Gasteiger partial charge >= 0.3 is 0 Å². The van der Waals surface area contributed by atoms with Crippen molar-refractivity contribution in [1.82, 2.24) is 4.98 Å². The van der Waals surface area contributed by atoms with Gasteiger partial charge in [0.15, 0.2) is 0 Å². The van der Waals surface area contributed by atoms with Gasteiger partial charge in [0, 0.05) is 25.9 Å². The first-order valence-electron chi connectivity index (χ1n) is 5.39. The number of methoxy groups -OCH3 is 1. The molecule has 0 aliphatic heterocycles. The van der Waals surface area contributed by atoms with E-state index >= 15 is 0 Å². The minimum Gasteiger partial charge on any atom is -0.390 e. The van der Waals surface area contributed by atoms with Gasteiger partial charge < -0.3 is 9.84 Å². The Kier molecular flexibility index (Phi) is 3.03. The average molecular weight is 207 g/mol. The molecule has 1 fully saturated rings. The van der Waals surface area contributed by atoms with Crippen LogP contribution < -0.4 is 0 Å². The van der Waals surface area contributed by atoms with E-state index in [0.717, 1.165) is 24.8 Å². The molecule has 15 heavy (non-hydrogen) atoms. The molecule has 3 nitrogen and oxygen atoms in total. The van der Waals surface area contributed by atoms with Crippen molar-refractivity contribution in [2.24, 2.45) is 0 Å². The van der Waals surface area contributed by atoms with Crippen LogP contribution in [0.15, 0.2) is 24.5 Å². The number of hydrogen-bond acceptors (Lipinski definition) is 3. The lowest BCUT2D eigenvalue weighted by molar-refractivity contribution is -0.148. The Morgan fingerprint density at radius 2 is 2.13 bits per heavy atom. The van der Waals surface area contributed by atoms with Gasteiger partial charge in [0.05, 0.1) is 11.7 Å². The number of hydrogen-bond donors (Lipinski definition) is 1. The van der Waals surface area contributed by atoms with Crippen LogP contribution in [0.5, 0.6) is 0 Å². The molecule has 0 spiro atoms. The Labute approximate surface area is 90.1 Å². The molecule has 1 saturated carbocycles. The summed E-state index contributed by atoms with van der Waals surface area (Å²) >= 11 is 0. The molecule has 1 N–H and O–H groups in total. The van der Waals surface area contributed by atoms with E-state index in [1.165, 1.54) is 0 Å². The second kappa shape index (κ2) is 4.29. The lowest BCUT2D eigenvalue weighted by Gasteiger charge is -2.44. The molecule has 0 saturated heterocycles. The van der Waals surface area contributed by atoms with Crippen LogP contribution in [0, 0.1) is 0 Å². The molecule has 0 aromatic carbocycles. The lowest BCUT2D eigenvalue weighted by Crippen LogP contribution is -2.50. The minimum atomic E-state index is -0.404. The summed E-state index contributed by atoms with van der Waals surface area (Å²) in [6, 6.07) is 3.87. The Balaban J connectivity index is 2.00. The summed E-state index contributed by atoms with van der Waals surface area (Å²) in [5.41, 5.74) is 0.823. The average Bonchev–Trinajstić information content (AvgIpc) is 2.18. The van der Waals surface area contributed by atoms with E-state index < -0.39 is 6.10 Å². The molecule has 1 aromatic heterocycles. The fourth-order valence-corrected chi connectivity index (χ4v) is 2.13. The molecule has 1 aliphatic carbocycles. The van der Waals surface area contributed by atoms with Crippen molar-refractivity contribution in [2.45, 2.75) is 37.4 Å². The summed E-state index contributed by atoms with van der Waals surface area (Å²) in [4.78, 5) is 3.96. The van der Waals surface area contributed by atoms with Crippen LogP contribution in [0.3, 0.4) is 0 Å².